The fraction of sp³-hybridized carbons (Fsp3) is 0.714. The SMILES string of the molecule is CS(=O)(=O)C(=O)C1OC1NN(CCCl)C(N)=O. The second kappa shape index (κ2) is 5.17. The van der Waals surface area contributed by atoms with Gasteiger partial charge in [0.05, 0.1) is 6.54 Å². The molecule has 1 saturated heterocycles. The average Bonchev–Trinajstić information content (AvgIpc) is 2.93. The largest absolute Gasteiger partial charge is 0.350 e. The number of carbonyl (C=O) groups excluding carboxylic acids is 2. The van der Waals surface area contributed by atoms with Gasteiger partial charge in [0.25, 0.3) is 5.12 Å². The fourth-order valence-electron chi connectivity index (χ4n) is 1.08. The number of halogens is 1. The van der Waals surface area contributed by atoms with Crippen molar-refractivity contribution >= 4 is 32.6 Å². The summed E-state index contributed by atoms with van der Waals surface area (Å²) < 4.78 is 26.6. The van der Waals surface area contributed by atoms with E-state index in [0.717, 1.165) is 11.3 Å². The van der Waals surface area contributed by atoms with Crippen LogP contribution in [0.15, 0.2) is 0 Å². The van der Waals surface area contributed by atoms with Gasteiger partial charge in [0.15, 0.2) is 12.3 Å². The molecule has 10 heteroatoms. The molecule has 98 valence electrons. The Morgan fingerprint density at radius 3 is 2.53 bits per heavy atom. The molecule has 1 heterocycles. The number of amides is 2. The van der Waals surface area contributed by atoms with Gasteiger partial charge in [0.1, 0.15) is 0 Å². The Morgan fingerprint density at radius 2 is 2.12 bits per heavy atom. The van der Waals surface area contributed by atoms with E-state index in [4.69, 9.17) is 22.1 Å². The summed E-state index contributed by atoms with van der Waals surface area (Å²) in [5, 5.41) is -0.0852. The van der Waals surface area contributed by atoms with Crippen LogP contribution in [0.4, 0.5) is 4.79 Å². The van der Waals surface area contributed by atoms with Crippen LogP contribution in [0, 0.1) is 0 Å². The molecule has 1 rings (SSSR count). The molecule has 3 N–H and O–H groups in total. The molecule has 0 aromatic carbocycles. The third-order valence-electron chi connectivity index (χ3n) is 1.95. The molecule has 2 atom stereocenters. The van der Waals surface area contributed by atoms with Crippen molar-refractivity contribution in [3.8, 4) is 0 Å². The number of epoxide rings is 1. The van der Waals surface area contributed by atoms with Crippen molar-refractivity contribution in [1.82, 2.24) is 10.4 Å². The number of alkyl halides is 1. The van der Waals surface area contributed by atoms with E-state index in [2.05, 4.69) is 5.43 Å². The van der Waals surface area contributed by atoms with E-state index < -0.39 is 33.3 Å². The molecule has 2 amide bonds. The molecule has 0 aromatic heterocycles. The number of primary amides is 1. The topological polar surface area (TPSA) is 122 Å². The van der Waals surface area contributed by atoms with E-state index in [9.17, 15) is 18.0 Å². The van der Waals surface area contributed by atoms with E-state index >= 15 is 0 Å². The Labute approximate surface area is 103 Å². The maximum atomic E-state index is 11.2. The quantitative estimate of drug-likeness (QED) is 0.357. The van der Waals surface area contributed by atoms with Crippen LogP contribution < -0.4 is 11.2 Å². The first-order valence-electron chi connectivity index (χ1n) is 4.56. The van der Waals surface area contributed by atoms with Gasteiger partial charge in [-0.1, -0.05) is 0 Å². The maximum Gasteiger partial charge on any atom is 0.329 e. The Balaban J connectivity index is 2.52. The van der Waals surface area contributed by atoms with Crippen LogP contribution in [0.1, 0.15) is 0 Å². The highest BCUT2D eigenvalue weighted by Crippen LogP contribution is 2.22. The van der Waals surface area contributed by atoms with Gasteiger partial charge in [-0.2, -0.15) is 5.43 Å². The van der Waals surface area contributed by atoms with Gasteiger partial charge in [-0.05, 0) is 0 Å². The third-order valence-corrected chi connectivity index (χ3v) is 3.08. The minimum absolute atomic E-state index is 0.108. The van der Waals surface area contributed by atoms with E-state index in [-0.39, 0.29) is 12.4 Å². The Hall–Kier alpha value is -0.900. The van der Waals surface area contributed by atoms with Gasteiger partial charge in [0.2, 0.25) is 9.84 Å². The number of hydrazine groups is 1. The Morgan fingerprint density at radius 1 is 1.53 bits per heavy atom. The molecule has 1 aliphatic heterocycles. The van der Waals surface area contributed by atoms with Gasteiger partial charge >= 0.3 is 6.03 Å². The number of nitrogens with one attached hydrogen (secondary N) is 1. The number of rotatable bonds is 5. The van der Waals surface area contributed by atoms with Crippen LogP contribution in [0.25, 0.3) is 0 Å². The van der Waals surface area contributed by atoms with Gasteiger partial charge < -0.3 is 10.5 Å². The molecular formula is C7H12ClN3O5S. The lowest BCUT2D eigenvalue weighted by molar-refractivity contribution is -0.112. The molecule has 0 saturated carbocycles. The molecule has 1 fully saturated rings. The maximum absolute atomic E-state index is 11.2. The van der Waals surface area contributed by atoms with Crippen LogP contribution in [-0.2, 0) is 19.4 Å². The number of hydrogen-bond acceptors (Lipinski definition) is 6. The zero-order valence-electron chi connectivity index (χ0n) is 8.92. The minimum atomic E-state index is -3.81. The second-order valence-electron chi connectivity index (χ2n) is 3.38. The van der Waals surface area contributed by atoms with Crippen molar-refractivity contribution in [2.75, 3.05) is 18.7 Å². The number of urea groups is 1. The summed E-state index contributed by atoms with van der Waals surface area (Å²) in [6.45, 7) is 0.108. The van der Waals surface area contributed by atoms with Crippen molar-refractivity contribution in [2.24, 2.45) is 5.73 Å². The first kappa shape index (κ1) is 14.2. The van der Waals surface area contributed by atoms with Crippen molar-refractivity contribution in [3.05, 3.63) is 0 Å². The van der Waals surface area contributed by atoms with E-state index in [1.807, 2.05) is 0 Å². The number of nitrogens with two attached hydrogens (primary N) is 1. The highest BCUT2D eigenvalue weighted by molar-refractivity contribution is 8.05. The number of nitrogens with zero attached hydrogens (tertiary/aromatic N) is 1. The summed E-state index contributed by atoms with van der Waals surface area (Å²) in [6.07, 6.45) is -1.19. The van der Waals surface area contributed by atoms with Gasteiger partial charge in [-0.3, -0.25) is 9.80 Å². The Kier molecular flexibility index (Phi) is 4.31. The normalized spacial score (nSPS) is 23.2. The lowest BCUT2D eigenvalue weighted by Gasteiger charge is -2.18. The monoisotopic (exact) mass is 285 g/mol. The predicted molar refractivity (Wildman–Crippen MR) is 58.7 cm³/mol. The summed E-state index contributed by atoms with van der Waals surface area (Å²) in [5.41, 5.74) is 7.47. The van der Waals surface area contributed by atoms with Crippen molar-refractivity contribution in [3.63, 3.8) is 0 Å². The van der Waals surface area contributed by atoms with E-state index in [1.165, 1.54) is 0 Å². The average molecular weight is 286 g/mol. The summed E-state index contributed by atoms with van der Waals surface area (Å²) in [7, 11) is -3.81. The number of sulfone groups is 1. The molecule has 17 heavy (non-hydrogen) atoms. The molecule has 0 bridgehead atoms. The third kappa shape index (κ3) is 3.80. The lowest BCUT2D eigenvalue weighted by Crippen LogP contribution is -2.49. The second-order valence-corrected chi connectivity index (χ2v) is 5.70. The molecule has 8 nitrogen and oxygen atoms in total. The molecule has 0 aliphatic carbocycles. The lowest BCUT2D eigenvalue weighted by atomic mass is 10.5. The van der Waals surface area contributed by atoms with Crippen LogP contribution in [0.3, 0.4) is 0 Å². The zero-order valence-corrected chi connectivity index (χ0v) is 10.5. The van der Waals surface area contributed by atoms with Crippen LogP contribution in [0.5, 0.6) is 0 Å². The predicted octanol–water partition coefficient (Wildman–Crippen LogP) is -1.59. The van der Waals surface area contributed by atoms with Gasteiger partial charge in [-0.25, -0.2) is 13.2 Å². The van der Waals surface area contributed by atoms with Crippen molar-refractivity contribution in [1.29, 1.82) is 0 Å². The number of ether oxygens (including phenoxy) is 1. The molecule has 0 aromatic rings. The first-order valence-corrected chi connectivity index (χ1v) is 6.98. The Bertz CT molecular complexity index is 425. The van der Waals surface area contributed by atoms with Crippen LogP contribution >= 0.6 is 11.6 Å². The molecular weight excluding hydrogens is 274 g/mol. The van der Waals surface area contributed by atoms with Crippen molar-refractivity contribution in [2.45, 2.75) is 12.3 Å². The summed E-state index contributed by atoms with van der Waals surface area (Å²) in [4.78, 5) is 22.1. The standard InChI is InChI=1S/C7H12ClN3O5S/c1-17(14,15)6(12)4-5(16-4)10-11(3-2-8)7(9)13/h4-5,10H,2-3H2,1H3,(H2,9,13). The number of hydrogen-bond donors (Lipinski definition) is 2. The molecule has 2 unspecified atom stereocenters. The van der Waals surface area contributed by atoms with Gasteiger partial charge in [-0.15, -0.1) is 11.6 Å². The first-order chi connectivity index (χ1) is 7.77. The van der Waals surface area contributed by atoms with E-state index in [1.54, 1.807) is 0 Å². The molecule has 1 aliphatic rings. The van der Waals surface area contributed by atoms with Crippen LogP contribution in [0.2, 0.25) is 0 Å². The fourth-order valence-corrected chi connectivity index (χ4v) is 1.85. The summed E-state index contributed by atoms with van der Waals surface area (Å²) >= 11 is 5.42. The highest BCUT2D eigenvalue weighted by atomic mass is 35.5. The zero-order chi connectivity index (χ0) is 13.2. The molecule has 0 spiro atoms. The summed E-state index contributed by atoms with van der Waals surface area (Å²) in [6, 6.07) is -0.799. The van der Waals surface area contributed by atoms with Gasteiger partial charge in [0, 0.05) is 12.1 Å². The van der Waals surface area contributed by atoms with Crippen LogP contribution in [-0.4, -0.2) is 55.6 Å². The highest BCUT2D eigenvalue weighted by Gasteiger charge is 2.49. The molecule has 0 radical (unpaired) electrons. The van der Waals surface area contributed by atoms with Crippen molar-refractivity contribution < 1.29 is 22.7 Å². The number of carbonyl (C=O) groups is 2. The smallest absolute Gasteiger partial charge is 0.329 e. The summed E-state index contributed by atoms with van der Waals surface area (Å²) in [5.74, 6) is 0.132. The van der Waals surface area contributed by atoms with E-state index in [0.29, 0.717) is 0 Å². The minimum Gasteiger partial charge on any atom is -0.350 e.